The summed E-state index contributed by atoms with van der Waals surface area (Å²) in [5.41, 5.74) is 0.840. The maximum atomic E-state index is 11.2. The van der Waals surface area contributed by atoms with Crippen LogP contribution in [0.2, 0.25) is 0 Å². The summed E-state index contributed by atoms with van der Waals surface area (Å²) in [4.78, 5) is 11.2. The van der Waals surface area contributed by atoms with E-state index in [1.165, 1.54) is 26.0 Å². The Balaban J connectivity index is 2.37. The Morgan fingerprint density at radius 2 is 1.94 bits per heavy atom. The number of rotatable bonds is 3. The molecule has 1 aromatic carbocycles. The smallest absolute Gasteiger partial charge is 0.231 e. The molecule has 1 heterocycles. The van der Waals surface area contributed by atoms with E-state index in [-0.39, 0.29) is 17.0 Å². The first kappa shape index (κ1) is 11.9. The van der Waals surface area contributed by atoms with Gasteiger partial charge in [0.05, 0.1) is 20.0 Å². The van der Waals surface area contributed by atoms with Gasteiger partial charge in [-0.05, 0) is 17.7 Å². The summed E-state index contributed by atoms with van der Waals surface area (Å²) in [6, 6.07) is 3.39. The minimum atomic E-state index is -0.120. The molecule has 0 aromatic heterocycles. The van der Waals surface area contributed by atoms with Gasteiger partial charge in [0.1, 0.15) is 5.37 Å². The third-order valence-electron chi connectivity index (χ3n) is 2.48. The van der Waals surface area contributed by atoms with Crippen molar-refractivity contribution < 1.29 is 19.4 Å². The molecule has 0 aliphatic carbocycles. The molecule has 0 spiro atoms. The number of hydrogen-bond donors (Lipinski definition) is 2. The number of hydrogen-bond acceptors (Lipinski definition) is 5. The molecule has 17 heavy (non-hydrogen) atoms. The van der Waals surface area contributed by atoms with Gasteiger partial charge < -0.3 is 19.9 Å². The number of carbonyl (C=O) groups is 1. The molecule has 92 valence electrons. The van der Waals surface area contributed by atoms with Crippen molar-refractivity contribution in [1.29, 1.82) is 0 Å². The Bertz CT molecular complexity index is 424. The monoisotopic (exact) mass is 255 g/mol. The van der Waals surface area contributed by atoms with Gasteiger partial charge in [-0.25, -0.2) is 0 Å². The number of phenolic OH excluding ortho intramolecular Hbond substituents is 1. The zero-order valence-electron chi connectivity index (χ0n) is 9.52. The number of methoxy groups -OCH3 is 2. The molecule has 1 saturated heterocycles. The Kier molecular flexibility index (Phi) is 3.33. The van der Waals surface area contributed by atoms with E-state index in [2.05, 4.69) is 5.32 Å². The van der Waals surface area contributed by atoms with Gasteiger partial charge in [0.25, 0.3) is 0 Å². The summed E-state index contributed by atoms with van der Waals surface area (Å²) in [7, 11) is 2.94. The van der Waals surface area contributed by atoms with Crippen molar-refractivity contribution in [2.75, 3.05) is 20.0 Å². The van der Waals surface area contributed by atoms with Gasteiger partial charge in [0.2, 0.25) is 11.7 Å². The van der Waals surface area contributed by atoms with Crippen LogP contribution in [0, 0.1) is 0 Å². The number of phenols is 1. The lowest BCUT2D eigenvalue weighted by Gasteiger charge is -2.14. The first-order valence-electron chi connectivity index (χ1n) is 5.01. The van der Waals surface area contributed by atoms with Crippen molar-refractivity contribution in [3.63, 3.8) is 0 Å². The molecule has 0 bridgehead atoms. The lowest BCUT2D eigenvalue weighted by molar-refractivity contribution is -0.118. The Labute approximate surface area is 103 Å². The number of amides is 1. The second-order valence-electron chi connectivity index (χ2n) is 3.53. The first-order chi connectivity index (χ1) is 8.15. The number of ether oxygens (including phenoxy) is 2. The molecular weight excluding hydrogens is 242 g/mol. The highest BCUT2D eigenvalue weighted by Crippen LogP contribution is 2.41. The molecule has 2 N–H and O–H groups in total. The molecule has 1 atom stereocenters. The van der Waals surface area contributed by atoms with E-state index >= 15 is 0 Å². The maximum Gasteiger partial charge on any atom is 0.231 e. The topological polar surface area (TPSA) is 67.8 Å². The van der Waals surface area contributed by atoms with Crippen LogP contribution in [0.3, 0.4) is 0 Å². The highest BCUT2D eigenvalue weighted by atomic mass is 32.2. The lowest BCUT2D eigenvalue weighted by atomic mass is 10.1. The average molecular weight is 255 g/mol. The normalized spacial score (nSPS) is 18.9. The number of carbonyl (C=O) groups excluding carboxylic acids is 1. The van der Waals surface area contributed by atoms with E-state index in [0.29, 0.717) is 17.3 Å². The molecule has 2 rings (SSSR count). The highest BCUT2D eigenvalue weighted by molar-refractivity contribution is 8.00. The standard InChI is InChI=1S/C11H13NO4S/c1-15-7-3-6(4-8(16-2)10(7)14)11-12-9(13)5-17-11/h3-4,11,14H,5H2,1-2H3,(H,12,13). The number of aromatic hydroxyl groups is 1. The van der Waals surface area contributed by atoms with Crippen molar-refractivity contribution >= 4 is 17.7 Å². The zero-order chi connectivity index (χ0) is 12.4. The fourth-order valence-corrected chi connectivity index (χ4v) is 2.58. The molecule has 1 aliphatic heterocycles. The van der Waals surface area contributed by atoms with Crippen LogP contribution >= 0.6 is 11.8 Å². The summed E-state index contributed by atoms with van der Waals surface area (Å²) in [6.45, 7) is 0. The van der Waals surface area contributed by atoms with Gasteiger partial charge in [0, 0.05) is 0 Å². The average Bonchev–Trinajstić information content (AvgIpc) is 2.76. The van der Waals surface area contributed by atoms with Crippen LogP contribution < -0.4 is 14.8 Å². The molecular formula is C11H13NO4S. The van der Waals surface area contributed by atoms with Crippen LogP contribution in [0.5, 0.6) is 17.2 Å². The van der Waals surface area contributed by atoms with Gasteiger partial charge in [-0.3, -0.25) is 4.79 Å². The van der Waals surface area contributed by atoms with E-state index in [1.54, 1.807) is 12.1 Å². The minimum Gasteiger partial charge on any atom is -0.502 e. The third-order valence-corrected chi connectivity index (χ3v) is 3.63. The van der Waals surface area contributed by atoms with E-state index in [0.717, 1.165) is 5.56 Å². The van der Waals surface area contributed by atoms with E-state index in [1.807, 2.05) is 0 Å². The first-order valence-corrected chi connectivity index (χ1v) is 6.06. The molecule has 1 aromatic rings. The van der Waals surface area contributed by atoms with Gasteiger partial charge >= 0.3 is 0 Å². The molecule has 1 fully saturated rings. The summed E-state index contributed by atoms with van der Waals surface area (Å²) >= 11 is 1.49. The summed E-state index contributed by atoms with van der Waals surface area (Å²) in [6.07, 6.45) is 0. The van der Waals surface area contributed by atoms with Crippen molar-refractivity contribution in [3.05, 3.63) is 17.7 Å². The Morgan fingerprint density at radius 1 is 1.35 bits per heavy atom. The SMILES string of the molecule is COc1cc(C2NC(=O)CS2)cc(OC)c1O. The lowest BCUT2D eigenvalue weighted by Crippen LogP contribution is -2.18. The zero-order valence-corrected chi connectivity index (χ0v) is 10.3. The summed E-state index contributed by atoms with van der Waals surface area (Å²) in [5, 5.41) is 12.5. The van der Waals surface area contributed by atoms with Crippen LogP contribution in [0.25, 0.3) is 0 Å². The second kappa shape index (κ2) is 4.75. The van der Waals surface area contributed by atoms with E-state index in [9.17, 15) is 9.90 Å². The molecule has 1 aliphatic rings. The van der Waals surface area contributed by atoms with E-state index in [4.69, 9.17) is 9.47 Å². The van der Waals surface area contributed by atoms with Crippen molar-refractivity contribution in [2.24, 2.45) is 0 Å². The molecule has 0 saturated carbocycles. The van der Waals surface area contributed by atoms with Crippen LogP contribution in [0.1, 0.15) is 10.9 Å². The van der Waals surface area contributed by atoms with Crippen LogP contribution in [-0.4, -0.2) is 31.0 Å². The van der Waals surface area contributed by atoms with Gasteiger partial charge in [-0.2, -0.15) is 0 Å². The molecule has 6 heteroatoms. The van der Waals surface area contributed by atoms with Crippen LogP contribution in [0.15, 0.2) is 12.1 Å². The largest absolute Gasteiger partial charge is 0.502 e. The fourth-order valence-electron chi connectivity index (χ4n) is 1.63. The van der Waals surface area contributed by atoms with Gasteiger partial charge in [-0.1, -0.05) is 0 Å². The van der Waals surface area contributed by atoms with Crippen LogP contribution in [-0.2, 0) is 4.79 Å². The fraction of sp³-hybridized carbons (Fsp3) is 0.364. The number of nitrogens with one attached hydrogen (secondary N) is 1. The van der Waals surface area contributed by atoms with Crippen molar-refractivity contribution in [1.82, 2.24) is 5.32 Å². The quantitative estimate of drug-likeness (QED) is 0.851. The van der Waals surface area contributed by atoms with Gasteiger partial charge in [-0.15, -0.1) is 11.8 Å². The molecule has 5 nitrogen and oxygen atoms in total. The number of thioether (sulfide) groups is 1. The molecule has 0 radical (unpaired) electrons. The summed E-state index contributed by atoms with van der Waals surface area (Å²) in [5.74, 6) is 1.08. The Morgan fingerprint density at radius 3 is 2.35 bits per heavy atom. The third kappa shape index (κ3) is 2.26. The van der Waals surface area contributed by atoms with Crippen molar-refractivity contribution in [2.45, 2.75) is 5.37 Å². The predicted octanol–water partition coefficient (Wildman–Crippen LogP) is 1.27. The molecule has 1 unspecified atom stereocenters. The maximum absolute atomic E-state index is 11.2. The van der Waals surface area contributed by atoms with Gasteiger partial charge in [0.15, 0.2) is 11.5 Å². The minimum absolute atomic E-state index is 0.00556. The van der Waals surface area contributed by atoms with Crippen molar-refractivity contribution in [3.8, 4) is 17.2 Å². The van der Waals surface area contributed by atoms with E-state index < -0.39 is 0 Å². The highest BCUT2D eigenvalue weighted by Gasteiger charge is 2.25. The predicted molar refractivity (Wildman–Crippen MR) is 64.6 cm³/mol. The summed E-state index contributed by atoms with van der Waals surface area (Å²) < 4.78 is 10.1. The second-order valence-corrected chi connectivity index (χ2v) is 4.63. The van der Waals surface area contributed by atoms with Crippen LogP contribution in [0.4, 0.5) is 0 Å². The molecule has 1 amide bonds. The Hall–Kier alpha value is -1.56. The number of benzene rings is 1.